The van der Waals surface area contributed by atoms with Crippen LogP contribution in [0.1, 0.15) is 5.89 Å². The molecule has 0 aliphatic carbocycles. The van der Waals surface area contributed by atoms with Crippen LogP contribution in [0.3, 0.4) is 0 Å². The van der Waals surface area contributed by atoms with Crippen molar-refractivity contribution in [3.05, 3.63) is 72.6 Å². The number of fused-ring (bicyclic) bond motifs is 2. The second kappa shape index (κ2) is 6.45. The van der Waals surface area contributed by atoms with Gasteiger partial charge in [0.15, 0.2) is 11.4 Å². The summed E-state index contributed by atoms with van der Waals surface area (Å²) in [6.45, 7) is 0.439. The monoisotopic (exact) mass is 374 g/mol. The van der Waals surface area contributed by atoms with E-state index in [-0.39, 0.29) is 5.82 Å². The SMILES string of the molecule is COc1ccc2oc(Cn3ccc4nc(-c5ccccc5F)nc-4c3)nc2c1. The van der Waals surface area contributed by atoms with Gasteiger partial charge in [-0.2, -0.15) is 0 Å². The van der Waals surface area contributed by atoms with Gasteiger partial charge in [-0.3, -0.25) is 0 Å². The summed E-state index contributed by atoms with van der Waals surface area (Å²) in [6.07, 6.45) is 3.72. The Hall–Kier alpha value is -3.74. The lowest BCUT2D eigenvalue weighted by Gasteiger charge is -2.04. The van der Waals surface area contributed by atoms with Crippen molar-refractivity contribution in [2.45, 2.75) is 6.54 Å². The van der Waals surface area contributed by atoms with Crippen molar-refractivity contribution in [2.75, 3.05) is 7.11 Å². The minimum absolute atomic E-state index is 0.340. The van der Waals surface area contributed by atoms with Gasteiger partial charge >= 0.3 is 0 Å². The van der Waals surface area contributed by atoms with E-state index in [1.807, 2.05) is 41.2 Å². The first-order chi connectivity index (χ1) is 13.7. The topological polar surface area (TPSA) is 66.0 Å². The highest BCUT2D eigenvalue weighted by Gasteiger charge is 2.16. The van der Waals surface area contributed by atoms with Crippen LogP contribution in [-0.2, 0) is 6.54 Å². The second-order valence-electron chi connectivity index (χ2n) is 6.36. The molecule has 1 aromatic heterocycles. The van der Waals surface area contributed by atoms with E-state index >= 15 is 0 Å². The molecule has 6 nitrogen and oxygen atoms in total. The first-order valence-electron chi connectivity index (χ1n) is 8.71. The maximum atomic E-state index is 14.0. The highest BCUT2D eigenvalue weighted by Crippen LogP contribution is 2.27. The largest absolute Gasteiger partial charge is 0.497 e. The molecule has 138 valence electrons. The minimum Gasteiger partial charge on any atom is -0.497 e. The molecule has 0 radical (unpaired) electrons. The molecule has 0 saturated heterocycles. The van der Waals surface area contributed by atoms with Gasteiger partial charge < -0.3 is 13.7 Å². The Morgan fingerprint density at radius 3 is 2.75 bits per heavy atom. The van der Waals surface area contributed by atoms with Crippen LogP contribution in [0.25, 0.3) is 33.9 Å². The normalized spacial score (nSPS) is 11.4. The van der Waals surface area contributed by atoms with E-state index in [1.165, 1.54) is 6.07 Å². The zero-order chi connectivity index (χ0) is 19.1. The number of rotatable bonds is 4. The van der Waals surface area contributed by atoms with E-state index in [0.29, 0.717) is 40.8 Å². The van der Waals surface area contributed by atoms with Crippen LogP contribution in [0.2, 0.25) is 0 Å². The smallest absolute Gasteiger partial charge is 0.215 e. The minimum atomic E-state index is -0.340. The van der Waals surface area contributed by atoms with E-state index in [1.54, 1.807) is 25.3 Å². The maximum absolute atomic E-state index is 14.0. The summed E-state index contributed by atoms with van der Waals surface area (Å²) in [7, 11) is 1.61. The molecular weight excluding hydrogens is 359 g/mol. The molecule has 0 N–H and O–H groups in total. The molecule has 0 fully saturated rings. The van der Waals surface area contributed by atoms with Crippen molar-refractivity contribution in [3.8, 4) is 28.5 Å². The van der Waals surface area contributed by atoms with Crippen molar-refractivity contribution in [3.63, 3.8) is 0 Å². The van der Waals surface area contributed by atoms with Gasteiger partial charge in [-0.15, -0.1) is 0 Å². The molecule has 2 aliphatic heterocycles. The van der Waals surface area contributed by atoms with E-state index in [0.717, 1.165) is 11.3 Å². The highest BCUT2D eigenvalue weighted by atomic mass is 19.1. The maximum Gasteiger partial charge on any atom is 0.215 e. The van der Waals surface area contributed by atoms with Crippen LogP contribution in [-0.4, -0.2) is 26.6 Å². The van der Waals surface area contributed by atoms with Crippen molar-refractivity contribution in [1.82, 2.24) is 19.5 Å². The molecule has 3 heterocycles. The lowest BCUT2D eigenvalue weighted by atomic mass is 10.2. The van der Waals surface area contributed by atoms with Gasteiger partial charge in [0.2, 0.25) is 5.89 Å². The third-order valence-electron chi connectivity index (χ3n) is 4.50. The number of aromatic nitrogens is 4. The number of benzene rings is 2. The molecule has 7 heteroatoms. The van der Waals surface area contributed by atoms with Crippen molar-refractivity contribution < 1.29 is 13.5 Å². The van der Waals surface area contributed by atoms with Crippen LogP contribution in [0.4, 0.5) is 4.39 Å². The number of hydrogen-bond acceptors (Lipinski definition) is 5. The fourth-order valence-electron chi connectivity index (χ4n) is 3.12. The summed E-state index contributed by atoms with van der Waals surface area (Å²) in [5.74, 6) is 1.34. The second-order valence-corrected chi connectivity index (χ2v) is 6.36. The molecule has 3 aromatic rings. The summed E-state index contributed by atoms with van der Waals surface area (Å²) in [6, 6.07) is 13.8. The number of pyridine rings is 1. The quantitative estimate of drug-likeness (QED) is 0.467. The average molecular weight is 374 g/mol. The van der Waals surface area contributed by atoms with Crippen LogP contribution >= 0.6 is 0 Å². The molecule has 0 bridgehead atoms. The molecule has 0 atom stereocenters. The Labute approximate surface area is 159 Å². The first kappa shape index (κ1) is 16.4. The molecule has 0 unspecified atom stereocenters. The molecule has 2 aromatic carbocycles. The molecule has 0 saturated carbocycles. The number of oxazole rings is 1. The van der Waals surface area contributed by atoms with Gasteiger partial charge in [0.05, 0.1) is 24.9 Å². The van der Waals surface area contributed by atoms with E-state index in [9.17, 15) is 4.39 Å². The Morgan fingerprint density at radius 2 is 1.89 bits per heavy atom. The zero-order valence-electron chi connectivity index (χ0n) is 15.0. The lowest BCUT2D eigenvalue weighted by molar-refractivity contribution is 0.415. The molecule has 2 aliphatic rings. The molecule has 5 rings (SSSR count). The number of imidazole rings is 1. The number of nitrogens with zero attached hydrogens (tertiary/aromatic N) is 4. The van der Waals surface area contributed by atoms with Crippen molar-refractivity contribution in [1.29, 1.82) is 0 Å². The summed E-state index contributed by atoms with van der Waals surface area (Å²) >= 11 is 0. The molecule has 28 heavy (non-hydrogen) atoms. The Bertz CT molecular complexity index is 1260. The molecule has 0 amide bonds. The fraction of sp³-hybridized carbons (Fsp3) is 0.0952. The number of methoxy groups -OCH3 is 1. The third-order valence-corrected chi connectivity index (χ3v) is 4.50. The lowest BCUT2D eigenvalue weighted by Crippen LogP contribution is -2.01. The predicted molar refractivity (Wildman–Crippen MR) is 102 cm³/mol. The molecule has 0 spiro atoms. The Morgan fingerprint density at radius 1 is 1.04 bits per heavy atom. The number of ether oxygens (including phenoxy) is 1. The van der Waals surface area contributed by atoms with Crippen LogP contribution in [0, 0.1) is 5.82 Å². The van der Waals surface area contributed by atoms with Gasteiger partial charge in [-0.05, 0) is 30.3 Å². The Balaban J connectivity index is 1.47. The van der Waals surface area contributed by atoms with Gasteiger partial charge in [0.1, 0.15) is 22.8 Å². The van der Waals surface area contributed by atoms with E-state index in [2.05, 4.69) is 15.0 Å². The van der Waals surface area contributed by atoms with Crippen molar-refractivity contribution in [2.24, 2.45) is 0 Å². The standard InChI is InChI=1S/C21H15FN4O2/c1-27-13-6-7-19-17(10-13)23-20(28-19)12-26-9-8-16-18(11-26)25-21(24-16)14-4-2-3-5-15(14)22/h2-11H,12H2,1H3. The predicted octanol–water partition coefficient (Wildman–Crippen LogP) is 4.39. The van der Waals surface area contributed by atoms with E-state index in [4.69, 9.17) is 9.15 Å². The summed E-state index contributed by atoms with van der Waals surface area (Å²) < 4.78 is 26.9. The van der Waals surface area contributed by atoms with Gasteiger partial charge in [0.25, 0.3) is 0 Å². The number of hydrogen-bond donors (Lipinski definition) is 0. The van der Waals surface area contributed by atoms with Gasteiger partial charge in [0, 0.05) is 18.5 Å². The third kappa shape index (κ3) is 2.87. The van der Waals surface area contributed by atoms with Crippen LogP contribution in [0.15, 0.2) is 65.3 Å². The average Bonchev–Trinajstić information content (AvgIpc) is 3.30. The summed E-state index contributed by atoms with van der Waals surface area (Å²) in [5, 5.41) is 0. The van der Waals surface area contributed by atoms with Gasteiger partial charge in [-0.1, -0.05) is 12.1 Å². The van der Waals surface area contributed by atoms with Crippen molar-refractivity contribution >= 4 is 11.1 Å². The fourth-order valence-corrected chi connectivity index (χ4v) is 3.12. The number of halogens is 1. The van der Waals surface area contributed by atoms with Crippen LogP contribution in [0.5, 0.6) is 5.75 Å². The van der Waals surface area contributed by atoms with Crippen LogP contribution < -0.4 is 4.74 Å². The summed E-state index contributed by atoms with van der Waals surface area (Å²) in [5.41, 5.74) is 3.21. The first-order valence-corrected chi connectivity index (χ1v) is 8.71. The summed E-state index contributed by atoms with van der Waals surface area (Å²) in [4.78, 5) is 13.4. The van der Waals surface area contributed by atoms with E-state index < -0.39 is 0 Å². The molecular formula is C21H15FN4O2. The van der Waals surface area contributed by atoms with Gasteiger partial charge in [-0.25, -0.2) is 19.3 Å². The zero-order valence-corrected chi connectivity index (χ0v) is 15.0. The highest BCUT2D eigenvalue weighted by molar-refractivity contribution is 5.74. The Kier molecular flexibility index (Phi) is 3.79.